The highest BCUT2D eigenvalue weighted by molar-refractivity contribution is 6.00. The van der Waals surface area contributed by atoms with E-state index in [0.29, 0.717) is 42.9 Å². The number of para-hydroxylation sites is 2. The van der Waals surface area contributed by atoms with E-state index in [4.69, 9.17) is 0 Å². The monoisotopic (exact) mass is 417 g/mol. The molecule has 6 heteroatoms. The summed E-state index contributed by atoms with van der Waals surface area (Å²) in [5.74, 6) is -0.674. The Hall–Kier alpha value is -3.67. The second kappa shape index (κ2) is 9.00. The maximum Gasteiger partial charge on any atom is 0.256 e. The topological polar surface area (TPSA) is 52.7 Å². The van der Waals surface area contributed by atoms with Gasteiger partial charge in [0.15, 0.2) is 0 Å². The Morgan fingerprint density at radius 3 is 2.10 bits per heavy atom. The summed E-state index contributed by atoms with van der Waals surface area (Å²) >= 11 is 0. The molecule has 0 spiro atoms. The number of nitrogens with zero attached hydrogens (tertiary/aromatic N) is 2. The van der Waals surface area contributed by atoms with Crippen molar-refractivity contribution >= 4 is 23.2 Å². The zero-order chi connectivity index (χ0) is 21.8. The summed E-state index contributed by atoms with van der Waals surface area (Å²) in [6, 6.07) is 21.6. The molecular weight excluding hydrogens is 393 g/mol. The molecule has 0 saturated carbocycles. The van der Waals surface area contributed by atoms with E-state index in [1.807, 2.05) is 48.5 Å². The highest BCUT2D eigenvalue weighted by atomic mass is 19.1. The molecule has 0 aromatic heterocycles. The normalized spacial score (nSPS) is 13.7. The molecular formula is C25H24FN3O2. The second-order valence-electron chi connectivity index (χ2n) is 7.58. The van der Waals surface area contributed by atoms with E-state index < -0.39 is 0 Å². The number of hydrogen-bond acceptors (Lipinski definition) is 3. The maximum absolute atomic E-state index is 13.8. The number of benzene rings is 3. The lowest BCUT2D eigenvalue weighted by Gasteiger charge is -2.35. The largest absolute Gasteiger partial charge is 0.355 e. The Labute approximate surface area is 181 Å². The van der Waals surface area contributed by atoms with Crippen molar-refractivity contribution in [2.75, 3.05) is 31.5 Å². The van der Waals surface area contributed by atoms with Crippen LogP contribution in [0.15, 0.2) is 72.8 Å². The number of amides is 2. The molecule has 31 heavy (non-hydrogen) atoms. The fourth-order valence-electron chi connectivity index (χ4n) is 3.65. The van der Waals surface area contributed by atoms with E-state index in [2.05, 4.69) is 5.32 Å². The summed E-state index contributed by atoms with van der Waals surface area (Å²) in [4.78, 5) is 29.3. The highest BCUT2D eigenvalue weighted by Gasteiger charge is 2.27. The summed E-state index contributed by atoms with van der Waals surface area (Å²) in [6.07, 6.45) is 0. The minimum absolute atomic E-state index is 0.0764. The Bertz CT molecular complexity index is 1090. The Balaban J connectivity index is 1.43. The second-order valence-corrected chi connectivity index (χ2v) is 7.58. The number of carbonyl (C=O) groups excluding carboxylic acids is 2. The van der Waals surface area contributed by atoms with Crippen molar-refractivity contribution in [3.05, 3.63) is 95.3 Å². The molecule has 0 atom stereocenters. The van der Waals surface area contributed by atoms with Crippen molar-refractivity contribution in [2.24, 2.45) is 0 Å². The van der Waals surface area contributed by atoms with Crippen molar-refractivity contribution in [3.8, 4) is 0 Å². The molecule has 1 aliphatic heterocycles. The van der Waals surface area contributed by atoms with Gasteiger partial charge < -0.3 is 15.1 Å². The van der Waals surface area contributed by atoms with E-state index in [-0.39, 0.29) is 17.6 Å². The number of aryl methyl sites for hydroxylation is 1. The zero-order valence-electron chi connectivity index (χ0n) is 17.3. The van der Waals surface area contributed by atoms with Crippen molar-refractivity contribution in [2.45, 2.75) is 6.92 Å². The van der Waals surface area contributed by atoms with Crippen LogP contribution in [-0.4, -0.2) is 47.8 Å². The van der Waals surface area contributed by atoms with Crippen LogP contribution in [0.3, 0.4) is 0 Å². The van der Waals surface area contributed by atoms with Crippen molar-refractivity contribution < 1.29 is 14.0 Å². The van der Waals surface area contributed by atoms with Gasteiger partial charge in [0.25, 0.3) is 11.8 Å². The van der Waals surface area contributed by atoms with Gasteiger partial charge in [-0.05, 0) is 48.9 Å². The smallest absolute Gasteiger partial charge is 0.256 e. The first-order chi connectivity index (χ1) is 15.0. The van der Waals surface area contributed by atoms with Crippen molar-refractivity contribution in [3.63, 3.8) is 0 Å². The molecule has 1 N–H and O–H groups in total. The first-order valence-electron chi connectivity index (χ1n) is 10.3. The van der Waals surface area contributed by atoms with Crippen LogP contribution in [0.25, 0.3) is 0 Å². The van der Waals surface area contributed by atoms with Crippen LogP contribution in [0.2, 0.25) is 0 Å². The van der Waals surface area contributed by atoms with E-state index in [1.165, 1.54) is 6.07 Å². The standard InChI is InChI=1S/C25H24FN3O2/c1-18-11-12-19(17-22(18)26)24(30)28-13-15-29(16-14-28)25(31)21-9-5-6-10-23(21)27-20-7-3-2-4-8-20/h2-12,17,27H,13-16H2,1H3. The SMILES string of the molecule is Cc1ccc(C(=O)N2CCN(C(=O)c3ccccc3Nc3ccccc3)CC2)cc1F. The summed E-state index contributed by atoms with van der Waals surface area (Å²) in [5.41, 5.74) is 3.08. The van der Waals surface area contributed by atoms with Crippen LogP contribution in [-0.2, 0) is 0 Å². The molecule has 1 saturated heterocycles. The number of nitrogens with one attached hydrogen (secondary N) is 1. The third-order valence-corrected chi connectivity index (χ3v) is 5.48. The lowest BCUT2D eigenvalue weighted by molar-refractivity contribution is 0.0536. The van der Waals surface area contributed by atoms with Crippen molar-refractivity contribution in [1.82, 2.24) is 9.80 Å². The summed E-state index contributed by atoms with van der Waals surface area (Å²) in [5, 5.41) is 3.30. The van der Waals surface area contributed by atoms with Gasteiger partial charge >= 0.3 is 0 Å². The van der Waals surface area contributed by atoms with Gasteiger partial charge in [-0.25, -0.2) is 4.39 Å². The number of rotatable bonds is 4. The quantitative estimate of drug-likeness (QED) is 0.681. The van der Waals surface area contributed by atoms with Crippen LogP contribution in [0.5, 0.6) is 0 Å². The van der Waals surface area contributed by atoms with Crippen LogP contribution < -0.4 is 5.32 Å². The average molecular weight is 417 g/mol. The minimum atomic E-state index is -0.387. The molecule has 1 heterocycles. The number of anilines is 2. The van der Waals surface area contributed by atoms with Gasteiger partial charge in [-0.2, -0.15) is 0 Å². The fraction of sp³-hybridized carbons (Fsp3) is 0.200. The lowest BCUT2D eigenvalue weighted by Crippen LogP contribution is -2.50. The van der Waals surface area contributed by atoms with Gasteiger partial charge in [-0.1, -0.05) is 36.4 Å². The zero-order valence-corrected chi connectivity index (χ0v) is 17.3. The van der Waals surface area contributed by atoms with Gasteiger partial charge in [0.05, 0.1) is 11.3 Å². The number of halogens is 1. The molecule has 158 valence electrons. The van der Waals surface area contributed by atoms with Gasteiger partial charge in [0.2, 0.25) is 0 Å². The van der Waals surface area contributed by atoms with Crippen LogP contribution >= 0.6 is 0 Å². The molecule has 5 nitrogen and oxygen atoms in total. The number of carbonyl (C=O) groups is 2. The molecule has 4 rings (SSSR count). The summed E-state index contributed by atoms with van der Waals surface area (Å²) in [7, 11) is 0. The van der Waals surface area contributed by atoms with E-state index in [9.17, 15) is 14.0 Å². The highest BCUT2D eigenvalue weighted by Crippen LogP contribution is 2.23. The average Bonchev–Trinajstić information content (AvgIpc) is 2.81. The van der Waals surface area contributed by atoms with Gasteiger partial charge in [0.1, 0.15) is 5.82 Å². The van der Waals surface area contributed by atoms with Crippen LogP contribution in [0, 0.1) is 12.7 Å². The molecule has 0 aliphatic carbocycles. The molecule has 0 bridgehead atoms. The molecule has 3 aromatic rings. The first-order valence-corrected chi connectivity index (χ1v) is 10.3. The van der Waals surface area contributed by atoms with E-state index in [0.717, 1.165) is 11.4 Å². The van der Waals surface area contributed by atoms with Crippen molar-refractivity contribution in [1.29, 1.82) is 0 Å². The summed E-state index contributed by atoms with van der Waals surface area (Å²) < 4.78 is 13.8. The molecule has 1 aliphatic rings. The number of hydrogen-bond donors (Lipinski definition) is 1. The van der Waals surface area contributed by atoms with E-state index >= 15 is 0 Å². The Morgan fingerprint density at radius 1 is 0.806 bits per heavy atom. The third kappa shape index (κ3) is 4.58. The predicted octanol–water partition coefficient (Wildman–Crippen LogP) is 4.48. The molecule has 1 fully saturated rings. The van der Waals surface area contributed by atoms with Gasteiger partial charge in [0, 0.05) is 37.4 Å². The predicted molar refractivity (Wildman–Crippen MR) is 119 cm³/mol. The van der Waals surface area contributed by atoms with E-state index in [1.54, 1.807) is 34.9 Å². The lowest BCUT2D eigenvalue weighted by atomic mass is 10.1. The van der Waals surface area contributed by atoms with Gasteiger partial charge in [-0.15, -0.1) is 0 Å². The molecule has 3 aromatic carbocycles. The number of piperazine rings is 1. The Morgan fingerprint density at radius 2 is 1.42 bits per heavy atom. The first kappa shape index (κ1) is 20.6. The molecule has 0 unspecified atom stereocenters. The third-order valence-electron chi connectivity index (χ3n) is 5.48. The van der Waals surface area contributed by atoms with Crippen LogP contribution in [0.1, 0.15) is 26.3 Å². The van der Waals surface area contributed by atoms with Gasteiger partial charge in [-0.3, -0.25) is 9.59 Å². The Kier molecular flexibility index (Phi) is 5.98. The minimum Gasteiger partial charge on any atom is -0.355 e. The maximum atomic E-state index is 13.8. The van der Waals surface area contributed by atoms with Crippen LogP contribution in [0.4, 0.5) is 15.8 Å². The molecule has 2 amide bonds. The molecule has 0 radical (unpaired) electrons. The summed E-state index contributed by atoms with van der Waals surface area (Å²) in [6.45, 7) is 3.35. The fourth-order valence-corrected chi connectivity index (χ4v) is 3.65.